The van der Waals surface area contributed by atoms with Crippen LogP contribution in [0.15, 0.2) is 12.1 Å². The van der Waals surface area contributed by atoms with E-state index in [0.717, 1.165) is 12.8 Å². The summed E-state index contributed by atoms with van der Waals surface area (Å²) in [6.45, 7) is 10.0. The first kappa shape index (κ1) is 36.5. The number of carbonyl (C=O) groups is 2. The summed E-state index contributed by atoms with van der Waals surface area (Å²) in [5.74, 6) is 4.87. The van der Waals surface area contributed by atoms with Gasteiger partial charge in [0.25, 0.3) is 11.8 Å². The maximum atomic E-state index is 13.0. The molecule has 0 fully saturated rings. The van der Waals surface area contributed by atoms with Crippen LogP contribution >= 0.6 is 0 Å². The largest absolute Gasteiger partial charge is 0.490 e. The van der Waals surface area contributed by atoms with Crippen molar-refractivity contribution in [3.05, 3.63) is 23.3 Å². The smallest absolute Gasteiger partial charge is 0.268 e. The highest BCUT2D eigenvalue weighted by molar-refractivity contribution is 6.03. The van der Waals surface area contributed by atoms with Gasteiger partial charge in [-0.05, 0) is 26.3 Å². The van der Waals surface area contributed by atoms with Crippen molar-refractivity contribution in [2.24, 2.45) is 5.84 Å². The molecule has 1 rings (SSSR count). The molecule has 13 heteroatoms. The number of nitrogens with two attached hydrogens (primary N) is 1. The quantitative estimate of drug-likeness (QED) is 0.0662. The number of hydrogen-bond acceptors (Lipinski definition) is 11. The fourth-order valence-corrected chi connectivity index (χ4v) is 3.32. The number of nitrogens with one attached hydrogen (secondary N) is 2. The Kier molecular flexibility index (Phi) is 20.6. The lowest BCUT2D eigenvalue weighted by Crippen LogP contribution is -2.32. The molecule has 0 bridgehead atoms. The first-order chi connectivity index (χ1) is 19.9. The first-order valence-electron chi connectivity index (χ1n) is 14.0. The van der Waals surface area contributed by atoms with Crippen LogP contribution in [0, 0.1) is 0 Å². The van der Waals surface area contributed by atoms with Crippen molar-refractivity contribution >= 4 is 11.8 Å². The highest BCUT2D eigenvalue weighted by atomic mass is 16.6. The summed E-state index contributed by atoms with van der Waals surface area (Å²) >= 11 is 0. The molecule has 0 radical (unpaired) electrons. The van der Waals surface area contributed by atoms with Crippen molar-refractivity contribution in [2.45, 2.75) is 45.8 Å². The van der Waals surface area contributed by atoms with Gasteiger partial charge in [0, 0.05) is 26.8 Å². The molecule has 236 valence electrons. The zero-order valence-electron chi connectivity index (χ0n) is 25.2. The molecular formula is C28H49N3O10. The van der Waals surface area contributed by atoms with E-state index in [1.807, 2.05) is 20.8 Å². The molecule has 0 aromatic heterocycles. The summed E-state index contributed by atoms with van der Waals surface area (Å²) in [7, 11) is 3.22. The highest BCUT2D eigenvalue weighted by Crippen LogP contribution is 2.30. The number of benzene rings is 1. The Bertz CT molecular complexity index is 859. The van der Waals surface area contributed by atoms with E-state index in [-0.39, 0.29) is 54.0 Å². The number of carbonyl (C=O) groups excluding carboxylic acids is 2. The Hall–Kier alpha value is -2.52. The highest BCUT2D eigenvalue weighted by Gasteiger charge is 2.22. The SMILES string of the molecule is CCCCNC(=O)c1cc(C(=O)NN)c(OC[C@H](C)OCCOCCOC)cc1OC[C@H](C)OCCOCCOC. The van der Waals surface area contributed by atoms with Crippen molar-refractivity contribution in [3.63, 3.8) is 0 Å². The summed E-state index contributed by atoms with van der Waals surface area (Å²) in [5.41, 5.74) is 2.38. The van der Waals surface area contributed by atoms with Crippen LogP contribution in [0.25, 0.3) is 0 Å². The molecule has 0 aliphatic rings. The summed E-state index contributed by atoms with van der Waals surface area (Å²) in [5, 5.41) is 2.86. The van der Waals surface area contributed by atoms with Crippen LogP contribution < -0.4 is 26.1 Å². The van der Waals surface area contributed by atoms with Gasteiger partial charge in [0.2, 0.25) is 0 Å². The van der Waals surface area contributed by atoms with Crippen LogP contribution in [0.1, 0.15) is 54.3 Å². The Labute approximate surface area is 243 Å². The molecule has 2 amide bonds. The number of methoxy groups -OCH3 is 2. The number of hydrazine groups is 1. The van der Waals surface area contributed by atoms with Gasteiger partial charge in [-0.1, -0.05) is 13.3 Å². The predicted octanol–water partition coefficient (Wildman–Crippen LogP) is 1.71. The average molecular weight is 588 g/mol. The van der Waals surface area contributed by atoms with Gasteiger partial charge < -0.3 is 43.2 Å². The van der Waals surface area contributed by atoms with Crippen molar-refractivity contribution < 1.29 is 47.5 Å². The Morgan fingerprint density at radius 3 is 1.71 bits per heavy atom. The normalized spacial score (nSPS) is 12.5. The molecule has 41 heavy (non-hydrogen) atoms. The summed E-state index contributed by atoms with van der Waals surface area (Å²) in [6.07, 6.45) is 1.12. The minimum atomic E-state index is -0.612. The van der Waals surface area contributed by atoms with Crippen LogP contribution in [0.4, 0.5) is 0 Å². The number of amides is 2. The zero-order valence-corrected chi connectivity index (χ0v) is 25.2. The average Bonchev–Trinajstić information content (AvgIpc) is 2.97. The monoisotopic (exact) mass is 587 g/mol. The Morgan fingerprint density at radius 1 is 0.756 bits per heavy atom. The Morgan fingerprint density at radius 2 is 1.24 bits per heavy atom. The van der Waals surface area contributed by atoms with E-state index in [9.17, 15) is 9.59 Å². The third-order valence-corrected chi connectivity index (χ3v) is 5.59. The molecule has 1 aromatic carbocycles. The van der Waals surface area contributed by atoms with Gasteiger partial charge in [0.05, 0.1) is 76.2 Å². The van der Waals surface area contributed by atoms with E-state index in [0.29, 0.717) is 59.4 Å². The van der Waals surface area contributed by atoms with Gasteiger partial charge in [0.1, 0.15) is 24.7 Å². The molecule has 0 saturated carbocycles. The summed E-state index contributed by atoms with van der Waals surface area (Å²) in [4.78, 5) is 25.7. The van der Waals surface area contributed by atoms with Crippen molar-refractivity contribution in [1.29, 1.82) is 0 Å². The van der Waals surface area contributed by atoms with Crippen LogP contribution in [0.2, 0.25) is 0 Å². The molecule has 0 saturated heterocycles. The second-order valence-corrected chi connectivity index (χ2v) is 9.12. The van der Waals surface area contributed by atoms with Crippen molar-refractivity contribution in [1.82, 2.24) is 10.7 Å². The molecule has 0 unspecified atom stereocenters. The molecule has 1 aromatic rings. The predicted molar refractivity (Wildman–Crippen MR) is 153 cm³/mol. The molecule has 0 aliphatic carbocycles. The minimum Gasteiger partial charge on any atom is -0.490 e. The fraction of sp³-hybridized carbons (Fsp3) is 0.714. The van der Waals surface area contributed by atoms with E-state index in [1.165, 1.54) is 12.1 Å². The topological polar surface area (TPSA) is 158 Å². The number of rotatable bonds is 25. The molecule has 0 spiro atoms. The minimum absolute atomic E-state index is 0.0908. The second-order valence-electron chi connectivity index (χ2n) is 9.12. The maximum Gasteiger partial charge on any atom is 0.268 e. The molecule has 2 atom stereocenters. The summed E-state index contributed by atoms with van der Waals surface area (Å²) in [6, 6.07) is 2.93. The second kappa shape index (κ2) is 23.1. The number of nitrogen functional groups attached to an aromatic ring is 1. The lowest BCUT2D eigenvalue weighted by Gasteiger charge is -2.20. The maximum absolute atomic E-state index is 13.0. The standard InChI is InChI=1S/C28H49N3O10/c1-6-7-8-30-27(32)23-17-24(28(33)31-29)26(41-20-22(3)39-16-14-37-12-10-35-5)18-25(23)40-19-21(2)38-15-13-36-11-9-34-4/h17-18,21-22H,6-16,19-20,29H2,1-5H3,(H,30,32)(H,31,33)/t21-,22-/m0/s1. The van der Waals surface area contributed by atoms with Gasteiger partial charge >= 0.3 is 0 Å². The van der Waals surface area contributed by atoms with E-state index in [1.54, 1.807) is 14.2 Å². The third-order valence-electron chi connectivity index (χ3n) is 5.59. The van der Waals surface area contributed by atoms with E-state index in [2.05, 4.69) is 10.7 Å². The van der Waals surface area contributed by atoms with Crippen LogP contribution in [0.5, 0.6) is 11.5 Å². The van der Waals surface area contributed by atoms with Gasteiger partial charge in [-0.2, -0.15) is 0 Å². The molecule has 4 N–H and O–H groups in total. The van der Waals surface area contributed by atoms with Gasteiger partial charge in [0.15, 0.2) is 0 Å². The van der Waals surface area contributed by atoms with Crippen LogP contribution in [-0.4, -0.2) is 111 Å². The van der Waals surface area contributed by atoms with Crippen molar-refractivity contribution in [3.8, 4) is 11.5 Å². The fourth-order valence-electron chi connectivity index (χ4n) is 3.32. The third kappa shape index (κ3) is 15.9. The zero-order chi connectivity index (χ0) is 30.3. The lowest BCUT2D eigenvalue weighted by atomic mass is 10.1. The molecule has 0 aliphatic heterocycles. The number of hydrogen-bond donors (Lipinski definition) is 3. The molecular weight excluding hydrogens is 538 g/mol. The van der Waals surface area contributed by atoms with Gasteiger partial charge in [-0.25, -0.2) is 5.84 Å². The molecule has 0 heterocycles. The van der Waals surface area contributed by atoms with Crippen LogP contribution in [-0.2, 0) is 28.4 Å². The van der Waals surface area contributed by atoms with Crippen molar-refractivity contribution in [2.75, 3.05) is 86.8 Å². The number of ether oxygens (including phenoxy) is 8. The first-order valence-corrected chi connectivity index (χ1v) is 14.0. The Balaban J connectivity index is 2.96. The van der Waals surface area contributed by atoms with Gasteiger partial charge in [-0.15, -0.1) is 0 Å². The number of unbranched alkanes of at least 4 members (excludes halogenated alkanes) is 1. The van der Waals surface area contributed by atoms with Gasteiger partial charge in [-0.3, -0.25) is 15.0 Å². The summed E-state index contributed by atoms with van der Waals surface area (Å²) < 4.78 is 44.1. The van der Waals surface area contributed by atoms with E-state index >= 15 is 0 Å². The lowest BCUT2D eigenvalue weighted by molar-refractivity contribution is -0.0154. The molecule has 13 nitrogen and oxygen atoms in total. The van der Waals surface area contributed by atoms with E-state index < -0.39 is 5.91 Å². The van der Waals surface area contributed by atoms with E-state index in [4.69, 9.17) is 43.7 Å². The van der Waals surface area contributed by atoms with Crippen LogP contribution in [0.3, 0.4) is 0 Å².